The fourth-order valence-corrected chi connectivity index (χ4v) is 2.74. The molecule has 0 aliphatic carbocycles. The van der Waals surface area contributed by atoms with E-state index in [4.69, 9.17) is 4.99 Å². The lowest BCUT2D eigenvalue weighted by Crippen LogP contribution is -2.08. The number of hydrogen-bond acceptors (Lipinski definition) is 1. The van der Waals surface area contributed by atoms with Crippen molar-refractivity contribution in [1.29, 1.82) is 0 Å². The minimum atomic E-state index is 0.724. The molecule has 0 radical (unpaired) electrons. The minimum Gasteiger partial charge on any atom is -0.315 e. The van der Waals surface area contributed by atoms with Crippen LogP contribution in [0.15, 0.2) is 77.9 Å². The Labute approximate surface area is 118 Å². The number of hydrogen-bond donors (Lipinski definition) is 0. The number of para-hydroxylation sites is 1. The second kappa shape index (κ2) is 4.49. The summed E-state index contributed by atoms with van der Waals surface area (Å²) in [5.74, 6) is 0. The SMILES string of the molecule is c1ccc(C2=NCc3ccccc3-n3cccc32)cc1. The van der Waals surface area contributed by atoms with Crippen molar-refractivity contribution in [3.8, 4) is 5.69 Å². The van der Waals surface area contributed by atoms with E-state index in [1.807, 2.05) is 6.07 Å². The number of nitrogens with zero attached hydrogens (tertiary/aromatic N) is 2. The lowest BCUT2D eigenvalue weighted by molar-refractivity contribution is 1.02. The normalized spacial score (nSPS) is 13.1. The van der Waals surface area contributed by atoms with E-state index < -0.39 is 0 Å². The summed E-state index contributed by atoms with van der Waals surface area (Å²) >= 11 is 0. The second-order valence-electron chi connectivity index (χ2n) is 4.92. The Hall–Kier alpha value is -2.61. The maximum atomic E-state index is 4.84. The van der Waals surface area contributed by atoms with Gasteiger partial charge in [-0.2, -0.15) is 0 Å². The van der Waals surface area contributed by atoms with Gasteiger partial charge >= 0.3 is 0 Å². The number of aliphatic imine (C=N–C) groups is 1. The van der Waals surface area contributed by atoms with Gasteiger partial charge in [-0.1, -0.05) is 48.5 Å². The standard InChI is InChI=1S/C18H14N2/c1-2-7-14(8-3-1)18-17-11-6-12-20(17)16-10-5-4-9-15(16)13-19-18/h1-12H,13H2. The molecule has 20 heavy (non-hydrogen) atoms. The van der Waals surface area contributed by atoms with Crippen molar-refractivity contribution in [2.75, 3.05) is 0 Å². The Kier molecular flexibility index (Phi) is 2.52. The molecule has 0 fully saturated rings. The van der Waals surface area contributed by atoms with Crippen LogP contribution in [0.5, 0.6) is 0 Å². The summed E-state index contributed by atoms with van der Waals surface area (Å²) < 4.78 is 2.23. The number of aromatic nitrogens is 1. The molecular formula is C18H14N2. The molecule has 0 saturated heterocycles. The maximum Gasteiger partial charge on any atom is 0.0891 e. The quantitative estimate of drug-likeness (QED) is 0.631. The number of fused-ring (bicyclic) bond motifs is 3. The highest BCUT2D eigenvalue weighted by molar-refractivity contribution is 6.12. The van der Waals surface area contributed by atoms with E-state index in [1.54, 1.807) is 0 Å². The molecule has 4 rings (SSSR count). The molecule has 96 valence electrons. The van der Waals surface area contributed by atoms with Crippen LogP contribution in [-0.4, -0.2) is 10.3 Å². The van der Waals surface area contributed by atoms with Crippen LogP contribution in [0.2, 0.25) is 0 Å². The molecule has 0 N–H and O–H groups in total. The molecule has 1 aromatic heterocycles. The predicted molar refractivity (Wildman–Crippen MR) is 81.6 cm³/mol. The monoisotopic (exact) mass is 258 g/mol. The van der Waals surface area contributed by atoms with Crippen LogP contribution < -0.4 is 0 Å². The Morgan fingerprint density at radius 1 is 0.800 bits per heavy atom. The third-order valence-corrected chi connectivity index (χ3v) is 3.70. The summed E-state index contributed by atoms with van der Waals surface area (Å²) in [6.07, 6.45) is 2.11. The molecular weight excluding hydrogens is 244 g/mol. The molecule has 3 aromatic rings. The first-order valence-corrected chi connectivity index (χ1v) is 6.79. The Balaban J connectivity index is 1.96. The van der Waals surface area contributed by atoms with Gasteiger partial charge in [-0.3, -0.25) is 4.99 Å². The van der Waals surface area contributed by atoms with E-state index in [-0.39, 0.29) is 0 Å². The average Bonchev–Trinajstić information content (AvgIpc) is 2.93. The van der Waals surface area contributed by atoms with Gasteiger partial charge in [-0.05, 0) is 23.8 Å². The maximum absolute atomic E-state index is 4.84. The molecule has 1 aliphatic rings. The van der Waals surface area contributed by atoms with Crippen molar-refractivity contribution >= 4 is 5.71 Å². The molecule has 1 aliphatic heterocycles. The lowest BCUT2D eigenvalue weighted by atomic mass is 10.1. The topological polar surface area (TPSA) is 17.3 Å². The average molecular weight is 258 g/mol. The summed E-state index contributed by atoms with van der Waals surface area (Å²) in [6, 6.07) is 23.1. The molecule has 0 spiro atoms. The molecule has 0 amide bonds. The fraction of sp³-hybridized carbons (Fsp3) is 0.0556. The highest BCUT2D eigenvalue weighted by atomic mass is 15.0. The smallest absolute Gasteiger partial charge is 0.0891 e. The summed E-state index contributed by atoms with van der Waals surface area (Å²) in [5.41, 5.74) is 5.87. The summed E-state index contributed by atoms with van der Waals surface area (Å²) in [5, 5.41) is 0. The van der Waals surface area contributed by atoms with Crippen LogP contribution in [-0.2, 0) is 6.54 Å². The summed E-state index contributed by atoms with van der Waals surface area (Å²) in [6.45, 7) is 0.724. The van der Waals surface area contributed by atoms with Crippen molar-refractivity contribution < 1.29 is 0 Å². The van der Waals surface area contributed by atoms with Crippen LogP contribution >= 0.6 is 0 Å². The first-order valence-electron chi connectivity index (χ1n) is 6.79. The van der Waals surface area contributed by atoms with Gasteiger partial charge in [0.1, 0.15) is 0 Å². The molecule has 0 saturated carbocycles. The van der Waals surface area contributed by atoms with Crippen LogP contribution in [0, 0.1) is 0 Å². The van der Waals surface area contributed by atoms with Crippen LogP contribution in [0.1, 0.15) is 16.8 Å². The number of benzene rings is 2. The van der Waals surface area contributed by atoms with Gasteiger partial charge in [0.25, 0.3) is 0 Å². The molecule has 2 nitrogen and oxygen atoms in total. The van der Waals surface area contributed by atoms with E-state index >= 15 is 0 Å². The molecule has 2 heterocycles. The second-order valence-corrected chi connectivity index (χ2v) is 4.92. The van der Waals surface area contributed by atoms with Crippen molar-refractivity contribution in [3.63, 3.8) is 0 Å². The van der Waals surface area contributed by atoms with Gasteiger partial charge < -0.3 is 4.57 Å². The first-order chi connectivity index (χ1) is 9.93. The minimum absolute atomic E-state index is 0.724. The van der Waals surface area contributed by atoms with Crippen molar-refractivity contribution in [2.45, 2.75) is 6.54 Å². The highest BCUT2D eigenvalue weighted by Gasteiger charge is 2.17. The van der Waals surface area contributed by atoms with Gasteiger partial charge in [0, 0.05) is 11.8 Å². The molecule has 2 heteroatoms. The number of rotatable bonds is 1. The van der Waals surface area contributed by atoms with Crippen molar-refractivity contribution in [2.24, 2.45) is 4.99 Å². The molecule has 0 unspecified atom stereocenters. The largest absolute Gasteiger partial charge is 0.315 e. The van der Waals surface area contributed by atoms with Crippen molar-refractivity contribution in [1.82, 2.24) is 4.57 Å². The Morgan fingerprint density at radius 2 is 1.60 bits per heavy atom. The summed E-state index contributed by atoms with van der Waals surface area (Å²) in [7, 11) is 0. The van der Waals surface area contributed by atoms with Crippen LogP contribution in [0.3, 0.4) is 0 Å². The Morgan fingerprint density at radius 3 is 2.50 bits per heavy atom. The van der Waals surface area contributed by atoms with Gasteiger partial charge in [-0.25, -0.2) is 0 Å². The zero-order valence-electron chi connectivity index (χ0n) is 11.0. The van der Waals surface area contributed by atoms with Gasteiger partial charge in [0.15, 0.2) is 0 Å². The van der Waals surface area contributed by atoms with Gasteiger partial charge in [0.2, 0.25) is 0 Å². The van der Waals surface area contributed by atoms with E-state index in [0.29, 0.717) is 0 Å². The molecule has 2 aromatic carbocycles. The van der Waals surface area contributed by atoms with Crippen LogP contribution in [0.4, 0.5) is 0 Å². The van der Waals surface area contributed by atoms with E-state index in [2.05, 4.69) is 71.4 Å². The van der Waals surface area contributed by atoms with Crippen LogP contribution in [0.25, 0.3) is 5.69 Å². The predicted octanol–water partition coefficient (Wildman–Crippen LogP) is 3.83. The summed E-state index contributed by atoms with van der Waals surface area (Å²) in [4.78, 5) is 4.84. The molecule has 0 atom stereocenters. The van der Waals surface area contributed by atoms with E-state index in [0.717, 1.165) is 18.0 Å². The third kappa shape index (κ3) is 1.69. The van der Waals surface area contributed by atoms with E-state index in [9.17, 15) is 0 Å². The Bertz CT molecular complexity index is 782. The molecule has 0 bridgehead atoms. The van der Waals surface area contributed by atoms with Gasteiger partial charge in [-0.15, -0.1) is 0 Å². The third-order valence-electron chi connectivity index (χ3n) is 3.70. The van der Waals surface area contributed by atoms with Crippen molar-refractivity contribution in [3.05, 3.63) is 89.7 Å². The lowest BCUT2D eigenvalue weighted by Gasteiger charge is -2.10. The zero-order valence-corrected chi connectivity index (χ0v) is 11.0. The zero-order chi connectivity index (χ0) is 13.4. The van der Waals surface area contributed by atoms with Gasteiger partial charge in [0.05, 0.1) is 23.6 Å². The highest BCUT2D eigenvalue weighted by Crippen LogP contribution is 2.24. The van der Waals surface area contributed by atoms with E-state index in [1.165, 1.54) is 16.8 Å². The fourth-order valence-electron chi connectivity index (χ4n) is 2.74. The first kappa shape index (κ1) is 11.2.